The SMILES string of the molecule is O=C1C(=O)c2ccccc2C([O-])=C1N=Nc1cccc([N+](=O)[O-])c1.O=C1C(=O)c2ccccc2C([O-])=C1N=Nc1cccc([N+](=O)[O-])c1.[Cu+2]. The van der Waals surface area contributed by atoms with Crippen LogP contribution in [-0.4, -0.2) is 33.0 Å². The molecule has 0 unspecified atom stereocenters. The molecular weight excluding hydrogens is 692 g/mol. The number of ketones is 4. The van der Waals surface area contributed by atoms with Crippen LogP contribution in [0.15, 0.2) is 129 Å². The zero-order chi connectivity index (χ0) is 34.5. The van der Waals surface area contributed by atoms with Crippen LogP contribution in [0.5, 0.6) is 0 Å². The maximum absolute atomic E-state index is 12.3. The van der Waals surface area contributed by atoms with Gasteiger partial charge < -0.3 is 10.2 Å². The summed E-state index contributed by atoms with van der Waals surface area (Å²) >= 11 is 0. The third-order valence-corrected chi connectivity index (χ3v) is 6.72. The number of nitro benzene ring substituents is 2. The molecule has 17 heteroatoms. The molecule has 0 saturated carbocycles. The van der Waals surface area contributed by atoms with Crippen molar-refractivity contribution in [2.24, 2.45) is 20.5 Å². The Balaban J connectivity index is 0.000000216. The molecule has 4 aromatic carbocycles. The maximum Gasteiger partial charge on any atom is 2.00 e. The molecule has 0 spiro atoms. The van der Waals surface area contributed by atoms with Crippen LogP contribution in [0.3, 0.4) is 0 Å². The van der Waals surface area contributed by atoms with Crippen molar-refractivity contribution >= 4 is 57.4 Å². The predicted molar refractivity (Wildman–Crippen MR) is 161 cm³/mol. The maximum atomic E-state index is 12.3. The molecule has 0 N–H and O–H groups in total. The second kappa shape index (κ2) is 14.7. The first-order chi connectivity index (χ1) is 23.0. The van der Waals surface area contributed by atoms with Crippen LogP contribution in [0.2, 0.25) is 0 Å². The second-order valence-electron chi connectivity index (χ2n) is 9.72. The molecule has 6 rings (SSSR count). The quantitative estimate of drug-likeness (QED) is 0.0900. The topological polar surface area (TPSA) is 250 Å². The van der Waals surface area contributed by atoms with E-state index < -0.39 is 55.9 Å². The minimum atomic E-state index is -1.05. The summed E-state index contributed by atoms with van der Waals surface area (Å²) < 4.78 is 0. The fourth-order valence-electron chi connectivity index (χ4n) is 4.41. The first-order valence-corrected chi connectivity index (χ1v) is 13.5. The number of allylic oxidation sites excluding steroid dienone is 2. The van der Waals surface area contributed by atoms with E-state index in [1.54, 1.807) is 24.3 Å². The molecule has 49 heavy (non-hydrogen) atoms. The van der Waals surface area contributed by atoms with Crippen LogP contribution in [0.25, 0.3) is 11.5 Å². The van der Waals surface area contributed by atoms with E-state index in [9.17, 15) is 49.6 Å². The van der Waals surface area contributed by atoms with Crippen molar-refractivity contribution in [3.05, 3.63) is 151 Å². The van der Waals surface area contributed by atoms with E-state index in [0.717, 1.165) is 12.1 Å². The summed E-state index contributed by atoms with van der Waals surface area (Å²) in [5.74, 6) is -5.18. The number of fused-ring (bicyclic) bond motifs is 2. The van der Waals surface area contributed by atoms with Crippen molar-refractivity contribution in [3.63, 3.8) is 0 Å². The van der Waals surface area contributed by atoms with E-state index in [2.05, 4.69) is 20.5 Å². The van der Waals surface area contributed by atoms with Gasteiger partial charge in [-0.2, -0.15) is 10.2 Å². The molecule has 0 atom stereocenters. The number of azo groups is 2. The van der Waals surface area contributed by atoms with Crippen molar-refractivity contribution in [2.45, 2.75) is 0 Å². The van der Waals surface area contributed by atoms with Gasteiger partial charge >= 0.3 is 17.1 Å². The Labute approximate surface area is 284 Å². The number of benzene rings is 4. The molecule has 2 aliphatic rings. The Bertz CT molecular complexity index is 2050. The molecule has 0 fully saturated rings. The van der Waals surface area contributed by atoms with Gasteiger partial charge in [-0.1, -0.05) is 72.2 Å². The van der Waals surface area contributed by atoms with E-state index >= 15 is 0 Å². The second-order valence-corrected chi connectivity index (χ2v) is 9.72. The molecule has 0 aliphatic heterocycles. The van der Waals surface area contributed by atoms with Crippen LogP contribution >= 0.6 is 0 Å². The van der Waals surface area contributed by atoms with E-state index in [4.69, 9.17) is 0 Å². The van der Waals surface area contributed by atoms with Crippen molar-refractivity contribution in [1.82, 2.24) is 0 Å². The van der Waals surface area contributed by atoms with Gasteiger partial charge in [0.2, 0.25) is 11.6 Å². The standard InChI is InChI=1S/2C16H9N3O5.Cu/c2*20-14-11-6-1-2-7-12(11)15(21)16(22)13(14)18-17-9-4-3-5-10(8-9)19(23)24;/h2*1-8,20H;/q;;+2/p-2. The molecular formula is C32H16CuN6O10. The molecule has 16 nitrogen and oxygen atoms in total. The summed E-state index contributed by atoms with van der Waals surface area (Å²) in [7, 11) is 0. The van der Waals surface area contributed by atoms with E-state index in [0.29, 0.717) is 0 Å². The van der Waals surface area contributed by atoms with E-state index in [1.165, 1.54) is 60.7 Å². The Morgan fingerprint density at radius 3 is 1.14 bits per heavy atom. The molecule has 1 radical (unpaired) electrons. The summed E-state index contributed by atoms with van der Waals surface area (Å²) in [5.41, 5.74) is -1.24. The summed E-state index contributed by atoms with van der Waals surface area (Å²) in [6, 6.07) is 22.3. The van der Waals surface area contributed by atoms with Crippen LogP contribution in [0, 0.1) is 20.2 Å². The molecule has 4 aromatic rings. The van der Waals surface area contributed by atoms with Gasteiger partial charge in [-0.05, 0) is 23.3 Å². The molecule has 0 aromatic heterocycles. The molecule has 245 valence electrons. The third kappa shape index (κ3) is 7.27. The summed E-state index contributed by atoms with van der Waals surface area (Å²) in [6.45, 7) is 0. The normalized spacial score (nSPS) is 13.9. The molecule has 2 aliphatic carbocycles. The number of hydrogen-bond donors (Lipinski definition) is 0. The number of non-ortho nitro benzene ring substituents is 2. The third-order valence-electron chi connectivity index (χ3n) is 6.72. The number of carbonyl (C=O) groups excluding carboxylic acids is 4. The number of nitrogens with zero attached hydrogens (tertiary/aromatic N) is 6. The Morgan fingerprint density at radius 2 is 0.796 bits per heavy atom. The van der Waals surface area contributed by atoms with Gasteiger partial charge in [-0.25, -0.2) is 0 Å². The van der Waals surface area contributed by atoms with Gasteiger partial charge in [0.15, 0.2) is 0 Å². The van der Waals surface area contributed by atoms with E-state index in [-0.39, 0.29) is 62.1 Å². The minimum Gasteiger partial charge on any atom is -0.870 e. The van der Waals surface area contributed by atoms with Crippen LogP contribution < -0.4 is 10.2 Å². The number of nitro groups is 2. The summed E-state index contributed by atoms with van der Waals surface area (Å²) in [5, 5.41) is 60.5. The van der Waals surface area contributed by atoms with Crippen LogP contribution in [0.1, 0.15) is 31.8 Å². The average Bonchev–Trinajstić information content (AvgIpc) is 3.10. The van der Waals surface area contributed by atoms with Crippen molar-refractivity contribution in [3.8, 4) is 0 Å². The van der Waals surface area contributed by atoms with Gasteiger partial charge in [0.1, 0.15) is 11.4 Å². The van der Waals surface area contributed by atoms with Gasteiger partial charge in [-0.3, -0.25) is 39.4 Å². The number of hydrogen-bond acceptors (Lipinski definition) is 14. The van der Waals surface area contributed by atoms with Crippen molar-refractivity contribution in [1.29, 1.82) is 0 Å². The number of Topliss-reactive ketones (excluding diaryl/α,β-unsaturated/α-hetero) is 4. The molecule has 0 saturated heterocycles. The van der Waals surface area contributed by atoms with Gasteiger partial charge in [0, 0.05) is 35.4 Å². The smallest absolute Gasteiger partial charge is 0.870 e. The number of rotatable bonds is 6. The Morgan fingerprint density at radius 1 is 0.449 bits per heavy atom. The molecule has 0 bridgehead atoms. The van der Waals surface area contributed by atoms with Crippen molar-refractivity contribution in [2.75, 3.05) is 0 Å². The summed E-state index contributed by atoms with van der Waals surface area (Å²) in [6.07, 6.45) is 0. The Kier molecular flexibility index (Phi) is 10.5. The number of carbonyl (C=O) groups is 4. The van der Waals surface area contributed by atoms with E-state index in [1.807, 2.05) is 0 Å². The predicted octanol–water partition coefficient (Wildman–Crippen LogP) is 4.34. The monoisotopic (exact) mass is 707 g/mol. The Hall–Kier alpha value is -6.84. The van der Waals surface area contributed by atoms with Gasteiger partial charge in [-0.15, -0.1) is 10.2 Å². The van der Waals surface area contributed by atoms with Gasteiger partial charge in [0.05, 0.1) is 21.2 Å². The largest absolute Gasteiger partial charge is 2.00 e. The molecule has 0 amide bonds. The fourth-order valence-corrected chi connectivity index (χ4v) is 4.41. The zero-order valence-electron chi connectivity index (χ0n) is 24.3. The first-order valence-electron chi connectivity index (χ1n) is 13.5. The molecule has 0 heterocycles. The fraction of sp³-hybridized carbons (Fsp3) is 0. The van der Waals surface area contributed by atoms with Gasteiger partial charge in [0.25, 0.3) is 22.9 Å². The van der Waals surface area contributed by atoms with Crippen LogP contribution in [0.4, 0.5) is 22.7 Å². The van der Waals surface area contributed by atoms with Crippen molar-refractivity contribution < 1.29 is 56.3 Å². The zero-order valence-corrected chi connectivity index (χ0v) is 25.2. The summed E-state index contributed by atoms with van der Waals surface area (Å²) in [4.78, 5) is 68.3. The first kappa shape index (κ1) is 35.0. The van der Waals surface area contributed by atoms with Crippen LogP contribution in [-0.2, 0) is 26.7 Å². The minimum absolute atomic E-state index is 0. The average molecular weight is 708 g/mol.